The van der Waals surface area contributed by atoms with Crippen molar-refractivity contribution in [3.63, 3.8) is 0 Å². The van der Waals surface area contributed by atoms with Crippen molar-refractivity contribution in [3.8, 4) is 5.75 Å². The third kappa shape index (κ3) is 3.07. The summed E-state index contributed by atoms with van der Waals surface area (Å²) in [5, 5.41) is 2.97. The van der Waals surface area contributed by atoms with Gasteiger partial charge in [0, 0.05) is 12.2 Å². The summed E-state index contributed by atoms with van der Waals surface area (Å²) < 4.78 is 5.37. The molecule has 1 fully saturated rings. The SMILES string of the molecule is CCOc1ccc(NC(=O)C2(CN)CCCC2)cc1. The molecule has 4 heteroatoms. The number of hydrogen-bond donors (Lipinski definition) is 2. The van der Waals surface area contributed by atoms with Crippen molar-refractivity contribution in [1.29, 1.82) is 0 Å². The van der Waals surface area contributed by atoms with Gasteiger partial charge in [0.1, 0.15) is 5.75 Å². The molecule has 0 spiro atoms. The molecule has 19 heavy (non-hydrogen) atoms. The molecule has 1 aliphatic carbocycles. The van der Waals surface area contributed by atoms with E-state index in [1.54, 1.807) is 0 Å². The third-order valence-corrected chi connectivity index (χ3v) is 3.86. The average Bonchev–Trinajstić information content (AvgIpc) is 2.91. The van der Waals surface area contributed by atoms with Gasteiger partial charge in [0.25, 0.3) is 0 Å². The van der Waals surface area contributed by atoms with E-state index in [0.29, 0.717) is 13.2 Å². The Hall–Kier alpha value is -1.55. The highest BCUT2D eigenvalue weighted by Crippen LogP contribution is 2.38. The Labute approximate surface area is 114 Å². The lowest BCUT2D eigenvalue weighted by atomic mass is 9.85. The first kappa shape index (κ1) is 13.9. The van der Waals surface area contributed by atoms with Crippen LogP contribution in [0.4, 0.5) is 5.69 Å². The van der Waals surface area contributed by atoms with Gasteiger partial charge in [-0.3, -0.25) is 4.79 Å². The summed E-state index contributed by atoms with van der Waals surface area (Å²) in [6.45, 7) is 3.01. The molecule has 2 rings (SSSR count). The van der Waals surface area contributed by atoms with Crippen molar-refractivity contribution in [2.45, 2.75) is 32.6 Å². The van der Waals surface area contributed by atoms with Gasteiger partial charge in [-0.2, -0.15) is 0 Å². The minimum atomic E-state index is -0.363. The molecule has 0 heterocycles. The normalized spacial score (nSPS) is 17.2. The molecule has 3 N–H and O–H groups in total. The predicted molar refractivity (Wildman–Crippen MR) is 76.2 cm³/mol. The molecular formula is C15H22N2O2. The lowest BCUT2D eigenvalue weighted by Gasteiger charge is -2.25. The molecule has 1 aromatic rings. The topological polar surface area (TPSA) is 64.3 Å². The van der Waals surface area contributed by atoms with Crippen LogP contribution in [-0.4, -0.2) is 19.1 Å². The van der Waals surface area contributed by atoms with Crippen molar-refractivity contribution in [2.24, 2.45) is 11.1 Å². The maximum Gasteiger partial charge on any atom is 0.231 e. The van der Waals surface area contributed by atoms with E-state index < -0.39 is 0 Å². The van der Waals surface area contributed by atoms with E-state index in [9.17, 15) is 4.79 Å². The zero-order valence-corrected chi connectivity index (χ0v) is 11.4. The summed E-state index contributed by atoms with van der Waals surface area (Å²) in [5.74, 6) is 0.867. The number of nitrogens with two attached hydrogens (primary N) is 1. The zero-order chi connectivity index (χ0) is 13.7. The standard InChI is InChI=1S/C15H22N2O2/c1-2-19-13-7-5-12(6-8-13)17-14(18)15(11-16)9-3-4-10-15/h5-8H,2-4,9-11,16H2,1H3,(H,17,18). The Morgan fingerprint density at radius 2 is 1.95 bits per heavy atom. The number of rotatable bonds is 5. The van der Waals surface area contributed by atoms with Crippen molar-refractivity contribution in [2.75, 3.05) is 18.5 Å². The van der Waals surface area contributed by atoms with Gasteiger partial charge in [0.15, 0.2) is 0 Å². The first-order valence-electron chi connectivity index (χ1n) is 6.94. The summed E-state index contributed by atoms with van der Waals surface area (Å²) >= 11 is 0. The first-order chi connectivity index (χ1) is 9.20. The fourth-order valence-corrected chi connectivity index (χ4v) is 2.64. The van der Waals surface area contributed by atoms with E-state index in [-0.39, 0.29) is 11.3 Å². The number of ether oxygens (including phenoxy) is 1. The number of hydrogen-bond acceptors (Lipinski definition) is 3. The number of anilines is 1. The van der Waals surface area contributed by atoms with Crippen molar-refractivity contribution in [3.05, 3.63) is 24.3 Å². The zero-order valence-electron chi connectivity index (χ0n) is 11.4. The Morgan fingerprint density at radius 3 is 2.47 bits per heavy atom. The summed E-state index contributed by atoms with van der Waals surface area (Å²) in [6.07, 6.45) is 3.97. The van der Waals surface area contributed by atoms with Crippen LogP contribution in [0.2, 0.25) is 0 Å². The van der Waals surface area contributed by atoms with Gasteiger partial charge in [-0.1, -0.05) is 12.8 Å². The van der Waals surface area contributed by atoms with E-state index in [2.05, 4.69) is 5.32 Å². The van der Waals surface area contributed by atoms with Crippen LogP contribution in [0.15, 0.2) is 24.3 Å². The van der Waals surface area contributed by atoms with Crippen LogP contribution in [0, 0.1) is 5.41 Å². The molecule has 0 atom stereocenters. The van der Waals surface area contributed by atoms with Gasteiger partial charge in [-0.15, -0.1) is 0 Å². The Balaban J connectivity index is 2.02. The van der Waals surface area contributed by atoms with Crippen LogP contribution in [-0.2, 0) is 4.79 Å². The van der Waals surface area contributed by atoms with Crippen LogP contribution in [0.25, 0.3) is 0 Å². The van der Waals surface area contributed by atoms with E-state index in [1.807, 2.05) is 31.2 Å². The number of amides is 1. The molecule has 0 aliphatic heterocycles. The fraction of sp³-hybridized carbons (Fsp3) is 0.533. The second kappa shape index (κ2) is 6.06. The van der Waals surface area contributed by atoms with Crippen LogP contribution < -0.4 is 15.8 Å². The van der Waals surface area contributed by atoms with Gasteiger partial charge in [0.2, 0.25) is 5.91 Å². The maximum atomic E-state index is 12.4. The van der Waals surface area contributed by atoms with Crippen LogP contribution in [0.5, 0.6) is 5.75 Å². The lowest BCUT2D eigenvalue weighted by Crippen LogP contribution is -2.40. The Morgan fingerprint density at radius 1 is 1.32 bits per heavy atom. The second-order valence-electron chi connectivity index (χ2n) is 5.10. The Kier molecular flexibility index (Phi) is 4.43. The van der Waals surface area contributed by atoms with E-state index in [1.165, 1.54) is 0 Å². The molecule has 1 saturated carbocycles. The van der Waals surface area contributed by atoms with E-state index >= 15 is 0 Å². The molecule has 1 aromatic carbocycles. The number of nitrogens with one attached hydrogen (secondary N) is 1. The first-order valence-corrected chi connectivity index (χ1v) is 6.94. The number of benzene rings is 1. The third-order valence-electron chi connectivity index (χ3n) is 3.86. The molecule has 0 aromatic heterocycles. The van der Waals surface area contributed by atoms with Crippen LogP contribution >= 0.6 is 0 Å². The summed E-state index contributed by atoms with van der Waals surface area (Å²) in [7, 11) is 0. The van der Waals surface area contributed by atoms with Gasteiger partial charge in [0.05, 0.1) is 12.0 Å². The number of carbonyl (C=O) groups is 1. The average molecular weight is 262 g/mol. The quantitative estimate of drug-likeness (QED) is 0.857. The maximum absolute atomic E-state index is 12.4. The number of carbonyl (C=O) groups excluding carboxylic acids is 1. The molecule has 1 aliphatic rings. The van der Waals surface area contributed by atoms with Gasteiger partial charge >= 0.3 is 0 Å². The summed E-state index contributed by atoms with van der Waals surface area (Å²) in [5.41, 5.74) is 6.24. The minimum Gasteiger partial charge on any atom is -0.494 e. The lowest BCUT2D eigenvalue weighted by molar-refractivity contribution is -0.124. The van der Waals surface area contributed by atoms with Gasteiger partial charge in [-0.05, 0) is 44.0 Å². The molecule has 0 saturated heterocycles. The predicted octanol–water partition coefficient (Wildman–Crippen LogP) is 2.54. The highest BCUT2D eigenvalue weighted by atomic mass is 16.5. The van der Waals surface area contributed by atoms with Crippen LogP contribution in [0.3, 0.4) is 0 Å². The van der Waals surface area contributed by atoms with Crippen molar-refractivity contribution >= 4 is 11.6 Å². The largest absolute Gasteiger partial charge is 0.494 e. The van der Waals surface area contributed by atoms with Crippen LogP contribution in [0.1, 0.15) is 32.6 Å². The van der Waals surface area contributed by atoms with Crippen molar-refractivity contribution in [1.82, 2.24) is 0 Å². The highest BCUT2D eigenvalue weighted by molar-refractivity contribution is 5.95. The monoisotopic (exact) mass is 262 g/mol. The van der Waals surface area contributed by atoms with E-state index in [4.69, 9.17) is 10.5 Å². The summed E-state index contributed by atoms with van der Waals surface area (Å²) in [6, 6.07) is 7.45. The minimum absolute atomic E-state index is 0.0525. The molecule has 104 valence electrons. The van der Waals surface area contributed by atoms with Gasteiger partial charge < -0.3 is 15.8 Å². The van der Waals surface area contributed by atoms with Gasteiger partial charge in [-0.25, -0.2) is 0 Å². The Bertz CT molecular complexity index is 422. The molecule has 0 unspecified atom stereocenters. The van der Waals surface area contributed by atoms with E-state index in [0.717, 1.165) is 37.1 Å². The smallest absolute Gasteiger partial charge is 0.231 e. The van der Waals surface area contributed by atoms with Crippen molar-refractivity contribution < 1.29 is 9.53 Å². The highest BCUT2D eigenvalue weighted by Gasteiger charge is 2.39. The molecule has 4 nitrogen and oxygen atoms in total. The molecule has 0 radical (unpaired) electrons. The second-order valence-corrected chi connectivity index (χ2v) is 5.10. The molecule has 1 amide bonds. The molecular weight excluding hydrogens is 240 g/mol. The fourth-order valence-electron chi connectivity index (χ4n) is 2.64. The molecule has 0 bridgehead atoms. The summed E-state index contributed by atoms with van der Waals surface area (Å²) in [4.78, 5) is 12.4.